The van der Waals surface area contributed by atoms with Crippen molar-refractivity contribution in [1.29, 1.82) is 0 Å². The maximum atomic E-state index is 13.0. The van der Waals surface area contributed by atoms with E-state index in [1.165, 1.54) is 24.4 Å². The van der Waals surface area contributed by atoms with Crippen molar-refractivity contribution >= 4 is 33.2 Å². The van der Waals surface area contributed by atoms with Gasteiger partial charge in [-0.1, -0.05) is 6.07 Å². The predicted octanol–water partition coefficient (Wildman–Crippen LogP) is 1.64. The largest absolute Gasteiger partial charge is 0.491 e. The molecule has 11 nitrogen and oxygen atoms in total. The Morgan fingerprint density at radius 3 is 2.62 bits per heavy atom. The fraction of sp³-hybridized carbons (Fsp3) is 0.364. The number of sulfone groups is 1. The van der Waals surface area contributed by atoms with Gasteiger partial charge in [-0.15, -0.1) is 0 Å². The van der Waals surface area contributed by atoms with Crippen LogP contribution in [0.5, 0.6) is 5.88 Å². The number of halogens is 3. The first-order chi connectivity index (χ1) is 17.3. The molecule has 0 saturated carbocycles. The highest BCUT2D eigenvalue weighted by Crippen LogP contribution is 2.36. The van der Waals surface area contributed by atoms with E-state index in [4.69, 9.17) is 5.73 Å². The highest BCUT2D eigenvalue weighted by atomic mass is 32.2. The fourth-order valence-corrected chi connectivity index (χ4v) is 4.59. The zero-order chi connectivity index (χ0) is 27.1. The molecule has 3 heterocycles. The van der Waals surface area contributed by atoms with Gasteiger partial charge in [-0.2, -0.15) is 18.2 Å². The predicted molar refractivity (Wildman–Crippen MR) is 126 cm³/mol. The highest BCUT2D eigenvalue weighted by Gasteiger charge is 2.42. The molecule has 1 fully saturated rings. The molecule has 0 radical (unpaired) electrons. The lowest BCUT2D eigenvalue weighted by Gasteiger charge is -2.23. The Labute approximate surface area is 209 Å². The van der Waals surface area contributed by atoms with Crippen molar-refractivity contribution in [1.82, 2.24) is 25.0 Å². The molecule has 198 valence electrons. The Hall–Kier alpha value is -3.72. The van der Waals surface area contributed by atoms with Gasteiger partial charge in [0, 0.05) is 30.6 Å². The number of nitrogens with one attached hydrogen (secondary N) is 2. The van der Waals surface area contributed by atoms with Gasteiger partial charge in [0.25, 0.3) is 5.91 Å². The highest BCUT2D eigenvalue weighted by molar-refractivity contribution is 7.90. The van der Waals surface area contributed by atoms with E-state index in [0.29, 0.717) is 12.1 Å². The minimum Gasteiger partial charge on any atom is -0.398 e. The number of piperidine rings is 1. The molecular weight excluding hydrogens is 517 g/mol. The van der Waals surface area contributed by atoms with Crippen molar-refractivity contribution in [2.75, 3.05) is 25.1 Å². The van der Waals surface area contributed by atoms with Crippen LogP contribution in [0.1, 0.15) is 28.9 Å². The minimum atomic E-state index is -5.33. The Morgan fingerprint density at radius 2 is 2.00 bits per heavy atom. The van der Waals surface area contributed by atoms with Crippen LogP contribution >= 0.6 is 0 Å². The van der Waals surface area contributed by atoms with E-state index in [1.54, 1.807) is 6.92 Å². The van der Waals surface area contributed by atoms with Crippen LogP contribution in [-0.4, -0.2) is 66.2 Å². The van der Waals surface area contributed by atoms with E-state index in [1.807, 2.05) is 0 Å². The number of imidazole rings is 1. The van der Waals surface area contributed by atoms with Gasteiger partial charge in [0.1, 0.15) is 11.4 Å². The average Bonchev–Trinajstić information content (AvgIpc) is 3.17. The first kappa shape index (κ1) is 26.3. The van der Waals surface area contributed by atoms with Gasteiger partial charge in [-0.3, -0.25) is 9.20 Å². The second-order valence-electron chi connectivity index (χ2n) is 8.62. The number of carbonyl (C=O) groups is 2. The number of anilines is 1. The summed E-state index contributed by atoms with van der Waals surface area (Å²) in [5.74, 6) is -4.22. The smallest absolute Gasteiger partial charge is 0.398 e. The molecule has 1 aromatic carbocycles. The van der Waals surface area contributed by atoms with Gasteiger partial charge in [0.05, 0.1) is 4.90 Å². The Bertz CT molecular complexity index is 1500. The van der Waals surface area contributed by atoms with Crippen molar-refractivity contribution in [3.8, 4) is 17.1 Å². The van der Waals surface area contributed by atoms with E-state index in [-0.39, 0.29) is 39.4 Å². The standard InChI is InChI=1S/C22H23F3N6O5S/c1-11-5-6-13(37(2,34)35)8-14(11)16-20(36-21(33)22(23,24)25)30-18-17(26)29-15(10-31(16)18)19(32)28-12-4-3-7-27-9-12/h5-6,8,10,12,27H,3-4,7,9H2,1-2H3,(H2,26,29)(H,28,32). The molecule has 2 aromatic heterocycles. The summed E-state index contributed by atoms with van der Waals surface area (Å²) < 4.78 is 69.1. The molecule has 0 aliphatic carbocycles. The molecule has 0 bridgehead atoms. The van der Waals surface area contributed by atoms with Gasteiger partial charge in [0.15, 0.2) is 21.3 Å². The summed E-state index contributed by atoms with van der Waals surface area (Å²) in [5.41, 5.74) is 5.94. The van der Waals surface area contributed by atoms with Crippen LogP contribution < -0.4 is 21.1 Å². The monoisotopic (exact) mass is 540 g/mol. The van der Waals surface area contributed by atoms with E-state index < -0.39 is 33.8 Å². The number of aryl methyl sites for hydroxylation is 1. The number of rotatable bonds is 5. The molecule has 15 heteroatoms. The van der Waals surface area contributed by atoms with Crippen molar-refractivity contribution in [2.45, 2.75) is 36.9 Å². The third kappa shape index (κ3) is 5.51. The number of nitrogens with zero attached hydrogens (tertiary/aromatic N) is 3. The Balaban J connectivity index is 1.91. The quantitative estimate of drug-likeness (QED) is 0.409. The number of hydrogen-bond acceptors (Lipinski definition) is 9. The molecule has 1 unspecified atom stereocenters. The molecular formula is C22H23F3N6O5S. The number of ether oxygens (including phenoxy) is 1. The zero-order valence-corrected chi connectivity index (χ0v) is 20.5. The van der Waals surface area contributed by atoms with Crippen molar-refractivity contribution in [3.05, 3.63) is 35.7 Å². The van der Waals surface area contributed by atoms with Crippen LogP contribution in [0.3, 0.4) is 0 Å². The number of esters is 1. The number of alkyl halides is 3. The summed E-state index contributed by atoms with van der Waals surface area (Å²) in [6, 6.07) is 3.81. The summed E-state index contributed by atoms with van der Waals surface area (Å²) >= 11 is 0. The summed E-state index contributed by atoms with van der Waals surface area (Å²) in [6.07, 6.45) is -1.58. The second kappa shape index (κ2) is 9.63. The molecule has 4 N–H and O–H groups in total. The number of nitrogen functional groups attached to an aromatic ring is 1. The van der Waals surface area contributed by atoms with Crippen molar-refractivity contribution < 1.29 is 35.9 Å². The third-order valence-electron chi connectivity index (χ3n) is 5.78. The molecule has 1 amide bonds. The van der Waals surface area contributed by atoms with Gasteiger partial charge < -0.3 is 21.1 Å². The van der Waals surface area contributed by atoms with Crippen LogP contribution in [-0.2, 0) is 14.6 Å². The molecule has 37 heavy (non-hydrogen) atoms. The molecule has 4 rings (SSSR count). The number of amides is 1. The Kier molecular flexibility index (Phi) is 6.85. The van der Waals surface area contributed by atoms with Crippen LogP contribution in [0.15, 0.2) is 29.3 Å². The molecule has 1 atom stereocenters. The molecule has 1 saturated heterocycles. The number of aromatic nitrogens is 3. The third-order valence-corrected chi connectivity index (χ3v) is 6.89. The van der Waals surface area contributed by atoms with Gasteiger partial charge in [-0.05, 0) is 44.0 Å². The first-order valence-electron chi connectivity index (χ1n) is 11.1. The van der Waals surface area contributed by atoms with E-state index >= 15 is 0 Å². The van der Waals surface area contributed by atoms with Crippen molar-refractivity contribution in [2.24, 2.45) is 0 Å². The first-order valence-corrected chi connectivity index (χ1v) is 12.9. The van der Waals surface area contributed by atoms with Crippen LogP contribution in [0.2, 0.25) is 0 Å². The normalized spacial score (nSPS) is 16.5. The summed E-state index contributed by atoms with van der Waals surface area (Å²) in [7, 11) is -3.72. The number of carbonyl (C=O) groups excluding carboxylic acids is 2. The summed E-state index contributed by atoms with van der Waals surface area (Å²) in [4.78, 5) is 32.4. The lowest BCUT2D eigenvalue weighted by Crippen LogP contribution is -2.45. The number of nitrogens with two attached hydrogens (primary N) is 1. The van der Waals surface area contributed by atoms with Crippen LogP contribution in [0, 0.1) is 6.92 Å². The van der Waals surface area contributed by atoms with Gasteiger partial charge in [-0.25, -0.2) is 18.2 Å². The lowest BCUT2D eigenvalue weighted by molar-refractivity contribution is -0.189. The second-order valence-corrected chi connectivity index (χ2v) is 10.6. The average molecular weight is 541 g/mol. The topological polar surface area (TPSA) is 158 Å². The minimum absolute atomic E-state index is 0.0915. The van der Waals surface area contributed by atoms with Crippen molar-refractivity contribution in [3.63, 3.8) is 0 Å². The van der Waals surface area contributed by atoms with E-state index in [9.17, 15) is 31.2 Å². The fourth-order valence-electron chi connectivity index (χ4n) is 3.94. The van der Waals surface area contributed by atoms with Crippen LogP contribution in [0.4, 0.5) is 19.0 Å². The molecule has 3 aromatic rings. The summed E-state index contributed by atoms with van der Waals surface area (Å²) in [6.45, 7) is 2.95. The van der Waals surface area contributed by atoms with E-state index in [2.05, 4.69) is 25.3 Å². The van der Waals surface area contributed by atoms with E-state index in [0.717, 1.165) is 30.0 Å². The van der Waals surface area contributed by atoms with Crippen LogP contribution in [0.25, 0.3) is 16.9 Å². The molecule has 0 spiro atoms. The molecule has 1 aliphatic heterocycles. The van der Waals surface area contributed by atoms with Gasteiger partial charge in [0.2, 0.25) is 5.88 Å². The maximum Gasteiger partial charge on any atom is 0.491 e. The Morgan fingerprint density at radius 1 is 1.27 bits per heavy atom. The zero-order valence-electron chi connectivity index (χ0n) is 19.7. The maximum absolute atomic E-state index is 13.0. The lowest BCUT2D eigenvalue weighted by atomic mass is 10.1. The molecule has 1 aliphatic rings. The number of benzene rings is 1. The SMILES string of the molecule is Cc1ccc(S(C)(=O)=O)cc1-c1c(OC(=O)C(F)(F)F)nc2c(N)nc(C(=O)NC3CCCNC3)cn12. The number of fused-ring (bicyclic) bond motifs is 1. The van der Waals surface area contributed by atoms with Gasteiger partial charge >= 0.3 is 12.1 Å². The number of hydrogen-bond donors (Lipinski definition) is 3. The summed E-state index contributed by atoms with van der Waals surface area (Å²) in [5, 5.41) is 5.98.